The van der Waals surface area contributed by atoms with E-state index < -0.39 is 5.97 Å². The van der Waals surface area contributed by atoms with Crippen LogP contribution >= 0.6 is 23.1 Å². The first-order valence-electron chi connectivity index (χ1n) is 5.06. The summed E-state index contributed by atoms with van der Waals surface area (Å²) in [5.41, 5.74) is 6.25. The second-order valence-corrected chi connectivity index (χ2v) is 5.73. The zero-order valence-corrected chi connectivity index (χ0v) is 10.9. The molecule has 1 aromatic carbocycles. The predicted octanol–water partition coefficient (Wildman–Crippen LogP) is 3.46. The molecule has 94 valence electrons. The lowest BCUT2D eigenvalue weighted by molar-refractivity contribution is 0.0702. The van der Waals surface area contributed by atoms with Gasteiger partial charge < -0.3 is 10.8 Å². The van der Waals surface area contributed by atoms with Gasteiger partial charge in [0.05, 0.1) is 0 Å². The lowest BCUT2D eigenvalue weighted by Crippen LogP contribution is -1.90. The van der Waals surface area contributed by atoms with Crippen molar-refractivity contribution in [2.75, 3.05) is 5.73 Å². The molecular weight excluding hydrogens is 273 g/mol. The van der Waals surface area contributed by atoms with E-state index in [1.807, 2.05) is 0 Å². The van der Waals surface area contributed by atoms with E-state index in [0.29, 0.717) is 21.2 Å². The van der Waals surface area contributed by atoms with E-state index >= 15 is 0 Å². The summed E-state index contributed by atoms with van der Waals surface area (Å²) < 4.78 is 13.0. The van der Waals surface area contributed by atoms with Gasteiger partial charge in [-0.05, 0) is 30.3 Å². The Morgan fingerprint density at radius 3 is 2.83 bits per heavy atom. The highest BCUT2D eigenvalue weighted by Gasteiger charge is 2.08. The van der Waals surface area contributed by atoms with Gasteiger partial charge in [-0.25, -0.2) is 9.18 Å². The topological polar surface area (TPSA) is 63.3 Å². The molecule has 0 aliphatic carbocycles. The van der Waals surface area contributed by atoms with Crippen LogP contribution in [0.25, 0.3) is 0 Å². The summed E-state index contributed by atoms with van der Waals surface area (Å²) in [7, 11) is 0. The summed E-state index contributed by atoms with van der Waals surface area (Å²) in [5.74, 6) is -0.684. The molecule has 18 heavy (non-hydrogen) atoms. The van der Waals surface area contributed by atoms with E-state index in [9.17, 15) is 9.18 Å². The lowest BCUT2D eigenvalue weighted by Gasteiger charge is -2.04. The Bertz CT molecular complexity index is 583. The summed E-state index contributed by atoms with van der Waals surface area (Å²) in [6, 6.07) is 7.54. The Hall–Kier alpha value is -1.53. The molecule has 2 rings (SSSR count). The van der Waals surface area contributed by atoms with Crippen LogP contribution in [0.5, 0.6) is 0 Å². The highest BCUT2D eigenvalue weighted by atomic mass is 32.2. The van der Waals surface area contributed by atoms with Gasteiger partial charge >= 0.3 is 5.97 Å². The van der Waals surface area contributed by atoms with Gasteiger partial charge in [-0.15, -0.1) is 23.1 Å². The third-order valence-corrected chi connectivity index (χ3v) is 4.59. The van der Waals surface area contributed by atoms with Gasteiger partial charge in [-0.3, -0.25) is 0 Å². The zero-order chi connectivity index (χ0) is 13.1. The van der Waals surface area contributed by atoms with Crippen molar-refractivity contribution in [1.82, 2.24) is 0 Å². The summed E-state index contributed by atoms with van der Waals surface area (Å²) >= 11 is 2.61. The molecule has 6 heteroatoms. The summed E-state index contributed by atoms with van der Waals surface area (Å²) in [6.45, 7) is 0. The maximum absolute atomic E-state index is 13.0. The molecule has 3 N–H and O–H groups in total. The van der Waals surface area contributed by atoms with Crippen molar-refractivity contribution in [3.8, 4) is 0 Å². The van der Waals surface area contributed by atoms with Crippen molar-refractivity contribution in [3.05, 3.63) is 45.9 Å². The molecule has 1 heterocycles. The Morgan fingerprint density at radius 1 is 1.39 bits per heavy atom. The number of thiophene rings is 1. The van der Waals surface area contributed by atoms with Crippen LogP contribution in [0.1, 0.15) is 14.5 Å². The van der Waals surface area contributed by atoms with Gasteiger partial charge in [0.25, 0.3) is 0 Å². The maximum Gasteiger partial charge on any atom is 0.345 e. The number of carbonyl (C=O) groups is 1. The smallest absolute Gasteiger partial charge is 0.345 e. The average Bonchev–Trinajstić information content (AvgIpc) is 2.79. The number of benzene rings is 1. The number of aromatic carboxylic acids is 1. The van der Waals surface area contributed by atoms with Crippen LogP contribution in [-0.2, 0) is 5.75 Å². The molecule has 0 aliphatic rings. The molecule has 0 unspecified atom stereocenters. The van der Waals surface area contributed by atoms with Crippen molar-refractivity contribution >= 4 is 34.8 Å². The number of nitrogen functional groups attached to an aromatic ring is 1. The number of carboxylic acid groups (broad SMARTS) is 1. The minimum absolute atomic E-state index is 0.304. The Morgan fingerprint density at radius 2 is 2.17 bits per heavy atom. The molecule has 2 aromatic rings. The second-order valence-electron chi connectivity index (χ2n) is 3.54. The van der Waals surface area contributed by atoms with Crippen molar-refractivity contribution in [2.45, 2.75) is 10.6 Å². The minimum Gasteiger partial charge on any atom is -0.477 e. The first kappa shape index (κ1) is 12.9. The molecule has 0 amide bonds. The third-order valence-electron chi connectivity index (χ3n) is 2.22. The summed E-state index contributed by atoms with van der Waals surface area (Å²) in [4.78, 5) is 12.6. The first-order chi connectivity index (χ1) is 8.56. The van der Waals surface area contributed by atoms with Gasteiger partial charge in [0.15, 0.2) is 0 Å². The van der Waals surface area contributed by atoms with Crippen molar-refractivity contribution in [1.29, 1.82) is 0 Å². The van der Waals surface area contributed by atoms with Gasteiger partial charge in [-0.2, -0.15) is 0 Å². The van der Waals surface area contributed by atoms with Gasteiger partial charge in [-0.1, -0.05) is 0 Å². The number of anilines is 1. The number of halogens is 1. The van der Waals surface area contributed by atoms with E-state index in [0.717, 1.165) is 4.88 Å². The first-order valence-corrected chi connectivity index (χ1v) is 6.86. The monoisotopic (exact) mass is 283 g/mol. The fraction of sp³-hybridized carbons (Fsp3) is 0.0833. The summed E-state index contributed by atoms with van der Waals surface area (Å²) in [5, 5.41) is 8.80. The van der Waals surface area contributed by atoms with Crippen LogP contribution in [0.2, 0.25) is 0 Å². The number of carboxylic acids is 1. The van der Waals surface area contributed by atoms with Gasteiger partial charge in [0, 0.05) is 21.2 Å². The van der Waals surface area contributed by atoms with Crippen LogP contribution in [0.4, 0.5) is 10.1 Å². The van der Waals surface area contributed by atoms with Crippen LogP contribution in [0.3, 0.4) is 0 Å². The normalized spacial score (nSPS) is 10.5. The predicted molar refractivity (Wildman–Crippen MR) is 71.7 cm³/mol. The highest BCUT2D eigenvalue weighted by molar-refractivity contribution is 7.98. The minimum atomic E-state index is -0.929. The van der Waals surface area contributed by atoms with E-state index in [1.165, 1.54) is 41.3 Å². The van der Waals surface area contributed by atoms with E-state index in [-0.39, 0.29) is 5.82 Å². The molecule has 0 saturated carbocycles. The van der Waals surface area contributed by atoms with E-state index in [4.69, 9.17) is 10.8 Å². The Labute approximate surface area is 111 Å². The number of rotatable bonds is 4. The molecular formula is C12H10FNO2S2. The molecule has 0 spiro atoms. The average molecular weight is 283 g/mol. The molecule has 0 bridgehead atoms. The Kier molecular flexibility index (Phi) is 3.88. The summed E-state index contributed by atoms with van der Waals surface area (Å²) in [6.07, 6.45) is 0. The number of thioether (sulfide) groups is 1. The van der Waals surface area contributed by atoms with Crippen LogP contribution in [-0.4, -0.2) is 11.1 Å². The van der Waals surface area contributed by atoms with Crippen LogP contribution in [0, 0.1) is 5.82 Å². The van der Waals surface area contributed by atoms with Gasteiger partial charge in [0.1, 0.15) is 10.7 Å². The van der Waals surface area contributed by atoms with Crippen LogP contribution < -0.4 is 5.73 Å². The lowest BCUT2D eigenvalue weighted by atomic mass is 10.3. The quantitative estimate of drug-likeness (QED) is 0.666. The fourth-order valence-corrected chi connectivity index (χ4v) is 3.23. The van der Waals surface area contributed by atoms with Crippen molar-refractivity contribution in [3.63, 3.8) is 0 Å². The number of hydrogen-bond acceptors (Lipinski definition) is 4. The number of nitrogens with two attached hydrogens (primary N) is 1. The zero-order valence-electron chi connectivity index (χ0n) is 9.22. The van der Waals surface area contributed by atoms with Crippen LogP contribution in [0.15, 0.2) is 35.2 Å². The molecule has 0 aliphatic heterocycles. The maximum atomic E-state index is 13.0. The molecule has 3 nitrogen and oxygen atoms in total. The molecule has 0 fully saturated rings. The molecule has 1 aromatic heterocycles. The largest absolute Gasteiger partial charge is 0.477 e. The molecule has 0 saturated heterocycles. The highest BCUT2D eigenvalue weighted by Crippen LogP contribution is 2.31. The van der Waals surface area contributed by atoms with Crippen molar-refractivity contribution in [2.24, 2.45) is 0 Å². The number of hydrogen-bond donors (Lipinski definition) is 2. The third kappa shape index (κ3) is 3.02. The van der Waals surface area contributed by atoms with Crippen molar-refractivity contribution < 1.29 is 14.3 Å². The SMILES string of the molecule is Nc1ccc(F)cc1SCc1ccc(C(=O)O)s1. The molecule has 0 radical (unpaired) electrons. The standard InChI is InChI=1S/C12H10FNO2S2/c13-7-1-3-9(14)11(5-7)17-6-8-2-4-10(18-8)12(15)16/h1-5H,6,14H2,(H,15,16). The van der Waals surface area contributed by atoms with E-state index in [2.05, 4.69) is 0 Å². The fourth-order valence-electron chi connectivity index (χ4n) is 1.35. The van der Waals surface area contributed by atoms with Gasteiger partial charge in [0.2, 0.25) is 0 Å². The van der Waals surface area contributed by atoms with E-state index in [1.54, 1.807) is 12.1 Å². The molecule has 0 atom stereocenters. The Balaban J connectivity index is 2.06. The second kappa shape index (κ2) is 5.41.